The minimum absolute atomic E-state index is 0.0775. The lowest BCUT2D eigenvalue weighted by Crippen LogP contribution is -2.32. The van der Waals surface area contributed by atoms with Crippen LogP contribution in [-0.2, 0) is 5.41 Å². The normalized spacial score (nSPS) is 22.3. The molecule has 1 spiro atoms. The van der Waals surface area contributed by atoms with Crippen LogP contribution in [0.4, 0.5) is 22.7 Å². The van der Waals surface area contributed by atoms with Crippen molar-refractivity contribution in [1.82, 2.24) is 0 Å². The summed E-state index contributed by atoms with van der Waals surface area (Å²) in [5.41, 5.74) is 14.6. The summed E-state index contributed by atoms with van der Waals surface area (Å²) in [4.78, 5) is 0. The highest BCUT2D eigenvalue weighted by Crippen LogP contribution is 2.70. The molecule has 2 saturated carbocycles. The van der Waals surface area contributed by atoms with Crippen LogP contribution in [0.2, 0.25) is 0 Å². The molecule has 0 aromatic heterocycles. The van der Waals surface area contributed by atoms with Crippen molar-refractivity contribution in [3.05, 3.63) is 168 Å². The Kier molecular flexibility index (Phi) is 6.16. The molecule has 0 heterocycles. The van der Waals surface area contributed by atoms with Gasteiger partial charge in [0, 0.05) is 28.2 Å². The van der Waals surface area contributed by atoms with Crippen LogP contribution < -0.4 is 10.6 Å². The molecule has 2 nitrogen and oxygen atoms in total. The smallest absolute Gasteiger partial charge is 0.0387 e. The maximum absolute atomic E-state index is 3.69. The quantitative estimate of drug-likeness (QED) is 0.205. The van der Waals surface area contributed by atoms with Gasteiger partial charge in [0.1, 0.15) is 0 Å². The zero-order chi connectivity index (χ0) is 29.8. The van der Waals surface area contributed by atoms with Crippen molar-refractivity contribution in [3.63, 3.8) is 0 Å². The van der Waals surface area contributed by atoms with Gasteiger partial charge in [-0.25, -0.2) is 0 Å². The zero-order valence-electron chi connectivity index (χ0n) is 25.3. The third-order valence-corrected chi connectivity index (χ3v) is 10.8. The minimum atomic E-state index is 0.0775. The molecule has 4 atom stereocenters. The number of hydrogen-bond acceptors (Lipinski definition) is 2. The zero-order valence-corrected chi connectivity index (χ0v) is 25.3. The SMILES string of the molecule is c1ccc(Nc2ccc(-c3ccc(C4C5CCC4C4(C5)c5ccccc5-c5ccc(Nc6ccccc6)cc54)cc3)cc2)cc1. The van der Waals surface area contributed by atoms with E-state index in [9.17, 15) is 0 Å². The van der Waals surface area contributed by atoms with E-state index in [1.165, 1.54) is 58.3 Å². The van der Waals surface area contributed by atoms with Crippen LogP contribution in [0.25, 0.3) is 22.3 Å². The maximum atomic E-state index is 3.69. The number of rotatable bonds is 6. The molecule has 0 radical (unpaired) electrons. The van der Waals surface area contributed by atoms with E-state index in [2.05, 4.69) is 156 Å². The second kappa shape index (κ2) is 10.5. The van der Waals surface area contributed by atoms with Crippen molar-refractivity contribution in [3.8, 4) is 22.3 Å². The first kappa shape index (κ1) is 26.3. The maximum Gasteiger partial charge on any atom is 0.0387 e. The average molecular weight is 581 g/mol. The van der Waals surface area contributed by atoms with Gasteiger partial charge in [0.25, 0.3) is 0 Å². The molecule has 3 aliphatic carbocycles. The van der Waals surface area contributed by atoms with Crippen LogP contribution in [0, 0.1) is 11.8 Å². The number of anilines is 4. The first-order chi connectivity index (χ1) is 22.3. The lowest BCUT2D eigenvalue weighted by Gasteiger charge is -2.37. The van der Waals surface area contributed by atoms with Crippen molar-refractivity contribution in [2.45, 2.75) is 30.6 Å². The molecule has 0 saturated heterocycles. The van der Waals surface area contributed by atoms with E-state index in [-0.39, 0.29) is 5.41 Å². The molecule has 6 aromatic rings. The Labute approximate surface area is 265 Å². The van der Waals surface area contributed by atoms with Gasteiger partial charge >= 0.3 is 0 Å². The third kappa shape index (κ3) is 4.31. The summed E-state index contributed by atoms with van der Waals surface area (Å²) in [7, 11) is 0. The van der Waals surface area contributed by atoms with E-state index in [1.807, 2.05) is 6.07 Å². The molecule has 218 valence electrons. The van der Waals surface area contributed by atoms with Crippen LogP contribution in [-0.4, -0.2) is 0 Å². The molecule has 4 unspecified atom stereocenters. The lowest BCUT2D eigenvalue weighted by atomic mass is 9.66. The lowest BCUT2D eigenvalue weighted by molar-refractivity contribution is 0.323. The fraction of sp³-hybridized carbons (Fsp3) is 0.163. The summed E-state index contributed by atoms with van der Waals surface area (Å²) in [5, 5.41) is 7.18. The second-order valence-electron chi connectivity index (χ2n) is 13.1. The van der Waals surface area contributed by atoms with Gasteiger partial charge in [0.2, 0.25) is 0 Å². The Balaban J connectivity index is 1.03. The van der Waals surface area contributed by atoms with E-state index >= 15 is 0 Å². The summed E-state index contributed by atoms with van der Waals surface area (Å²) in [6, 6.07) is 55.6. The molecule has 0 aliphatic heterocycles. The number of benzene rings is 6. The molecule has 2 N–H and O–H groups in total. The van der Waals surface area contributed by atoms with Crippen molar-refractivity contribution in [2.24, 2.45) is 11.8 Å². The van der Waals surface area contributed by atoms with Crippen LogP contribution in [0.1, 0.15) is 41.9 Å². The Morgan fingerprint density at radius 3 is 1.73 bits per heavy atom. The van der Waals surface area contributed by atoms with Gasteiger partial charge in [-0.1, -0.05) is 103 Å². The van der Waals surface area contributed by atoms with Gasteiger partial charge in [-0.05, 0) is 124 Å². The van der Waals surface area contributed by atoms with E-state index in [0.717, 1.165) is 17.1 Å². The molecular formula is C43H36N2. The highest BCUT2D eigenvalue weighted by Gasteiger charge is 2.61. The monoisotopic (exact) mass is 580 g/mol. The molecular weight excluding hydrogens is 544 g/mol. The molecule has 2 heteroatoms. The fourth-order valence-electron chi connectivity index (χ4n) is 9.05. The summed E-state index contributed by atoms with van der Waals surface area (Å²) < 4.78 is 0. The van der Waals surface area contributed by atoms with Crippen molar-refractivity contribution < 1.29 is 0 Å². The molecule has 2 bridgehead atoms. The summed E-state index contributed by atoms with van der Waals surface area (Å²) >= 11 is 0. The molecule has 2 fully saturated rings. The van der Waals surface area contributed by atoms with E-state index in [4.69, 9.17) is 0 Å². The van der Waals surface area contributed by atoms with Gasteiger partial charge in [-0.15, -0.1) is 0 Å². The standard InChI is InChI=1S/C43H36N2/c1-3-9-33(10-4-1)44-35-22-19-30(20-23-35)29-15-17-31(18-16-29)42-32-21-26-40(42)43(28-32)39-14-8-7-13-37(39)38-25-24-36(27-41(38)43)45-34-11-5-2-6-12-34/h1-20,22-25,27,32,40,42,44-45H,21,26,28H2. The topological polar surface area (TPSA) is 24.1 Å². The summed E-state index contributed by atoms with van der Waals surface area (Å²) in [5.74, 6) is 1.89. The molecule has 3 aliphatic rings. The Hall–Kier alpha value is -5.08. The highest BCUT2D eigenvalue weighted by atomic mass is 14.9. The van der Waals surface area contributed by atoms with E-state index in [1.54, 1.807) is 5.56 Å². The number of para-hydroxylation sites is 2. The van der Waals surface area contributed by atoms with Crippen LogP contribution in [0.3, 0.4) is 0 Å². The van der Waals surface area contributed by atoms with Gasteiger partial charge in [-0.3, -0.25) is 0 Å². The predicted octanol–water partition coefficient (Wildman–Crippen LogP) is 11.3. The van der Waals surface area contributed by atoms with E-state index < -0.39 is 0 Å². The van der Waals surface area contributed by atoms with Crippen LogP contribution in [0.15, 0.2) is 152 Å². The Bertz CT molecular complexity index is 1980. The minimum Gasteiger partial charge on any atom is -0.356 e. The van der Waals surface area contributed by atoms with Gasteiger partial charge < -0.3 is 10.6 Å². The molecule has 45 heavy (non-hydrogen) atoms. The van der Waals surface area contributed by atoms with Gasteiger partial charge in [0.15, 0.2) is 0 Å². The first-order valence-corrected chi connectivity index (χ1v) is 16.4. The van der Waals surface area contributed by atoms with E-state index in [0.29, 0.717) is 17.8 Å². The Morgan fingerprint density at radius 1 is 0.467 bits per heavy atom. The predicted molar refractivity (Wildman–Crippen MR) is 188 cm³/mol. The summed E-state index contributed by atoms with van der Waals surface area (Å²) in [6.07, 6.45) is 3.85. The Morgan fingerprint density at radius 2 is 1.02 bits per heavy atom. The van der Waals surface area contributed by atoms with Gasteiger partial charge in [0.05, 0.1) is 0 Å². The molecule has 0 amide bonds. The molecule has 9 rings (SSSR count). The van der Waals surface area contributed by atoms with Crippen molar-refractivity contribution in [2.75, 3.05) is 10.6 Å². The number of fused-ring (bicyclic) bond motifs is 8. The van der Waals surface area contributed by atoms with Crippen LogP contribution >= 0.6 is 0 Å². The highest BCUT2D eigenvalue weighted by molar-refractivity contribution is 5.84. The van der Waals surface area contributed by atoms with Crippen molar-refractivity contribution in [1.29, 1.82) is 0 Å². The third-order valence-electron chi connectivity index (χ3n) is 10.8. The molecule has 6 aromatic carbocycles. The largest absolute Gasteiger partial charge is 0.356 e. The second-order valence-corrected chi connectivity index (χ2v) is 13.1. The number of hydrogen-bond donors (Lipinski definition) is 2. The van der Waals surface area contributed by atoms with Gasteiger partial charge in [-0.2, -0.15) is 0 Å². The van der Waals surface area contributed by atoms with Crippen molar-refractivity contribution >= 4 is 22.7 Å². The fourth-order valence-corrected chi connectivity index (χ4v) is 9.05. The summed E-state index contributed by atoms with van der Waals surface area (Å²) in [6.45, 7) is 0. The average Bonchev–Trinajstić information content (AvgIpc) is 3.75. The number of nitrogens with one attached hydrogen (secondary N) is 2. The first-order valence-electron chi connectivity index (χ1n) is 16.4. The van der Waals surface area contributed by atoms with Crippen LogP contribution in [0.5, 0.6) is 0 Å².